The maximum Gasteiger partial charge on any atom is 0.0965 e. The van der Waals surface area contributed by atoms with Gasteiger partial charge < -0.3 is 10.4 Å². The van der Waals surface area contributed by atoms with E-state index in [2.05, 4.69) is 50.2 Å². The van der Waals surface area contributed by atoms with Crippen molar-refractivity contribution in [2.24, 2.45) is 5.92 Å². The zero-order chi connectivity index (χ0) is 13.1. The molecule has 0 aliphatic rings. The quantitative estimate of drug-likeness (QED) is 0.810. The Morgan fingerprint density at radius 3 is 2.47 bits per heavy atom. The summed E-state index contributed by atoms with van der Waals surface area (Å²) in [7, 11) is 0. The molecular weight excluding hydrogens is 216 g/mol. The summed E-state index contributed by atoms with van der Waals surface area (Å²) in [6.07, 6.45) is 1.95. The highest BCUT2D eigenvalue weighted by molar-refractivity contribution is 4.94. The monoisotopic (exact) mass is 240 g/mol. The third-order valence-electron chi connectivity index (χ3n) is 2.77. The Labute approximate surface area is 103 Å². The van der Waals surface area contributed by atoms with Gasteiger partial charge in [-0.3, -0.25) is 0 Å². The number of aliphatic hydroxyl groups is 1. The number of aliphatic hydroxyl groups excluding tert-OH is 1. The van der Waals surface area contributed by atoms with Gasteiger partial charge in [-0.1, -0.05) is 19.1 Å². The summed E-state index contributed by atoms with van der Waals surface area (Å²) in [6.45, 7) is 11.2. The van der Waals surface area contributed by atoms with Crippen LogP contribution in [0.5, 0.6) is 0 Å². The molecule has 1 rings (SSSR count). The van der Waals surface area contributed by atoms with Gasteiger partial charge >= 0.3 is 0 Å². The molecule has 2 N–H and O–H groups in total. The Morgan fingerprint density at radius 2 is 2.06 bits per heavy atom. The molecule has 0 aliphatic heterocycles. The molecule has 0 aliphatic carbocycles. The minimum atomic E-state index is -0.0420. The second-order valence-electron chi connectivity index (χ2n) is 5.74. The highest BCUT2D eigenvalue weighted by Crippen LogP contribution is 2.11. The fraction of sp³-hybridized carbons (Fsp3) is 0.833. The van der Waals surface area contributed by atoms with Crippen LogP contribution < -0.4 is 5.32 Å². The molecule has 0 spiro atoms. The van der Waals surface area contributed by atoms with E-state index in [-0.39, 0.29) is 18.2 Å². The van der Waals surface area contributed by atoms with Crippen LogP contribution in [0, 0.1) is 5.92 Å². The van der Waals surface area contributed by atoms with Crippen LogP contribution in [0.3, 0.4) is 0 Å². The molecule has 5 nitrogen and oxygen atoms in total. The van der Waals surface area contributed by atoms with E-state index in [0.29, 0.717) is 12.5 Å². The maximum absolute atomic E-state index is 9.21. The van der Waals surface area contributed by atoms with Crippen molar-refractivity contribution in [3.63, 3.8) is 0 Å². The Morgan fingerprint density at radius 1 is 1.41 bits per heavy atom. The van der Waals surface area contributed by atoms with Crippen LogP contribution in [0.15, 0.2) is 6.20 Å². The van der Waals surface area contributed by atoms with Crippen LogP contribution in [0.4, 0.5) is 0 Å². The van der Waals surface area contributed by atoms with Crippen LogP contribution in [0.25, 0.3) is 0 Å². The molecule has 1 aromatic heterocycles. The molecule has 5 heteroatoms. The van der Waals surface area contributed by atoms with Crippen LogP contribution in [-0.2, 0) is 12.1 Å². The number of nitrogens with one attached hydrogen (secondary N) is 1. The summed E-state index contributed by atoms with van der Waals surface area (Å²) in [5, 5.41) is 20.7. The van der Waals surface area contributed by atoms with Gasteiger partial charge in [0.1, 0.15) is 0 Å². The molecule has 1 unspecified atom stereocenters. The molecule has 0 amide bonds. The molecule has 1 atom stereocenters. The third-order valence-corrected chi connectivity index (χ3v) is 2.77. The van der Waals surface area contributed by atoms with Crippen molar-refractivity contribution in [2.45, 2.75) is 52.7 Å². The lowest BCUT2D eigenvalue weighted by Crippen LogP contribution is -2.36. The maximum atomic E-state index is 9.21. The van der Waals surface area contributed by atoms with Gasteiger partial charge in [0, 0.05) is 12.6 Å². The predicted octanol–water partition coefficient (Wildman–Crippen LogP) is 1.14. The lowest BCUT2D eigenvalue weighted by Gasteiger charge is -2.19. The highest BCUT2D eigenvalue weighted by Gasteiger charge is 2.16. The largest absolute Gasteiger partial charge is 0.395 e. The van der Waals surface area contributed by atoms with Crippen molar-refractivity contribution in [1.29, 1.82) is 0 Å². The standard InChI is InChI=1S/C12H24N4O/c1-9(2)11(8-17)13-6-10-7-16(15-14-10)12(3,4)5/h7,9,11,13,17H,6,8H2,1-5H3. The number of hydrogen-bond acceptors (Lipinski definition) is 4. The van der Waals surface area contributed by atoms with Crippen molar-refractivity contribution in [2.75, 3.05) is 6.61 Å². The normalized spacial score (nSPS) is 14.3. The number of rotatable bonds is 5. The summed E-state index contributed by atoms with van der Waals surface area (Å²) >= 11 is 0. The average Bonchev–Trinajstić information content (AvgIpc) is 2.66. The topological polar surface area (TPSA) is 63.0 Å². The molecule has 98 valence electrons. The summed E-state index contributed by atoms with van der Waals surface area (Å²) in [4.78, 5) is 0. The van der Waals surface area contributed by atoms with Gasteiger partial charge in [0.25, 0.3) is 0 Å². The van der Waals surface area contributed by atoms with Crippen molar-refractivity contribution in [1.82, 2.24) is 20.3 Å². The van der Waals surface area contributed by atoms with Gasteiger partial charge in [0.2, 0.25) is 0 Å². The fourth-order valence-corrected chi connectivity index (χ4v) is 1.45. The minimum absolute atomic E-state index is 0.0420. The van der Waals surface area contributed by atoms with Crippen LogP contribution in [0.1, 0.15) is 40.3 Å². The zero-order valence-corrected chi connectivity index (χ0v) is 11.4. The summed E-state index contributed by atoms with van der Waals surface area (Å²) in [6, 6.07) is 0.106. The number of hydrogen-bond donors (Lipinski definition) is 2. The molecule has 1 aromatic rings. The molecule has 0 aromatic carbocycles. The molecule has 0 saturated heterocycles. The first-order valence-electron chi connectivity index (χ1n) is 6.10. The first-order valence-corrected chi connectivity index (χ1v) is 6.10. The van der Waals surface area contributed by atoms with Crippen LogP contribution in [0.2, 0.25) is 0 Å². The van der Waals surface area contributed by atoms with Gasteiger partial charge in [-0.25, -0.2) is 4.68 Å². The zero-order valence-electron chi connectivity index (χ0n) is 11.4. The van der Waals surface area contributed by atoms with Crippen LogP contribution >= 0.6 is 0 Å². The first kappa shape index (κ1) is 14.1. The highest BCUT2D eigenvalue weighted by atomic mass is 16.3. The van der Waals surface area contributed by atoms with Crippen molar-refractivity contribution in [3.05, 3.63) is 11.9 Å². The summed E-state index contributed by atoms with van der Waals surface area (Å²) in [5.74, 6) is 0.401. The van der Waals surface area contributed by atoms with E-state index in [4.69, 9.17) is 0 Å². The number of aromatic nitrogens is 3. The van der Waals surface area contributed by atoms with Gasteiger partial charge in [-0.2, -0.15) is 0 Å². The second kappa shape index (κ2) is 5.60. The SMILES string of the molecule is CC(C)C(CO)NCc1cn(C(C)(C)C)nn1. The first-order chi connectivity index (χ1) is 7.84. The van der Waals surface area contributed by atoms with E-state index in [9.17, 15) is 5.11 Å². The molecule has 0 bridgehead atoms. The Kier molecular flexibility index (Phi) is 4.65. The van der Waals surface area contributed by atoms with E-state index >= 15 is 0 Å². The molecule has 1 heterocycles. The lowest BCUT2D eigenvalue weighted by molar-refractivity contribution is 0.209. The summed E-state index contributed by atoms with van der Waals surface area (Å²) in [5.41, 5.74) is 0.860. The van der Waals surface area contributed by atoms with Gasteiger partial charge in [-0.15, -0.1) is 5.10 Å². The van der Waals surface area contributed by atoms with Gasteiger partial charge in [0.05, 0.1) is 24.0 Å². The smallest absolute Gasteiger partial charge is 0.0965 e. The summed E-state index contributed by atoms with van der Waals surface area (Å²) < 4.78 is 1.85. The lowest BCUT2D eigenvalue weighted by atomic mass is 10.1. The predicted molar refractivity (Wildman–Crippen MR) is 67.6 cm³/mol. The Bertz CT molecular complexity index is 341. The minimum Gasteiger partial charge on any atom is -0.395 e. The van der Waals surface area contributed by atoms with Gasteiger partial charge in [0.15, 0.2) is 0 Å². The Balaban J connectivity index is 2.56. The van der Waals surface area contributed by atoms with Crippen molar-refractivity contribution < 1.29 is 5.11 Å². The molecule has 0 radical (unpaired) electrons. The van der Waals surface area contributed by atoms with Crippen LogP contribution in [-0.4, -0.2) is 32.7 Å². The molecule has 0 fully saturated rings. The van der Waals surface area contributed by atoms with Crippen molar-refractivity contribution in [3.8, 4) is 0 Å². The second-order valence-corrected chi connectivity index (χ2v) is 5.74. The van der Waals surface area contributed by atoms with E-state index in [1.807, 2.05) is 10.9 Å². The third kappa shape index (κ3) is 4.09. The molecular formula is C12H24N4O. The van der Waals surface area contributed by atoms with E-state index in [1.54, 1.807) is 0 Å². The Hall–Kier alpha value is -0.940. The van der Waals surface area contributed by atoms with E-state index in [0.717, 1.165) is 5.69 Å². The molecule has 0 saturated carbocycles. The average molecular weight is 240 g/mol. The van der Waals surface area contributed by atoms with Crippen molar-refractivity contribution >= 4 is 0 Å². The number of nitrogens with zero attached hydrogens (tertiary/aromatic N) is 3. The van der Waals surface area contributed by atoms with E-state index < -0.39 is 0 Å². The fourth-order valence-electron chi connectivity index (χ4n) is 1.45. The van der Waals surface area contributed by atoms with Gasteiger partial charge in [-0.05, 0) is 26.7 Å². The van der Waals surface area contributed by atoms with E-state index in [1.165, 1.54) is 0 Å². The molecule has 17 heavy (non-hydrogen) atoms.